The van der Waals surface area contributed by atoms with E-state index in [-0.39, 0.29) is 100 Å². The van der Waals surface area contributed by atoms with E-state index in [1.54, 1.807) is 0 Å². The minimum absolute atomic E-state index is 0. The molecule has 0 fully saturated rings. The Bertz CT molecular complexity index is 9.74. The third kappa shape index (κ3) is 811. The summed E-state index contributed by atoms with van der Waals surface area (Å²) < 4.78 is 0. The van der Waals surface area contributed by atoms with Gasteiger partial charge in [0, 0.05) is 51.2 Å². The normalized spacial score (nSPS) is 0. The van der Waals surface area contributed by atoms with Crippen molar-refractivity contribution < 1.29 is 100 Å². The molecule has 3 radical (unpaired) electrons. The Kier molecular flexibility index (Phi) is 121000. The molecule has 0 saturated heterocycles. The van der Waals surface area contributed by atoms with E-state index in [4.69, 9.17) is 0 Å². The second-order valence-corrected chi connectivity index (χ2v) is 0. The zero-order valence-corrected chi connectivity index (χ0v) is 8.23. The van der Waals surface area contributed by atoms with E-state index in [9.17, 15) is 0 Å². The first-order chi connectivity index (χ1) is 0. The summed E-state index contributed by atoms with van der Waals surface area (Å²) in [5, 5.41) is 0. The average Bonchev–Trinajstić information content (AvgIpc) is 0. The van der Waals surface area contributed by atoms with Crippen LogP contribution in [0.2, 0.25) is 0 Å². The van der Waals surface area contributed by atoms with Gasteiger partial charge in [0.15, 0.2) is 0 Å². The summed E-state index contributed by atoms with van der Waals surface area (Å²) in [5.74, 6) is 0. The van der Waals surface area contributed by atoms with E-state index in [0.29, 0.717) is 0 Å². The average molecular weight is 353 g/mol. The van der Waals surface area contributed by atoms with Crippen molar-refractivity contribution in [3.8, 4) is 0 Å². The molecule has 0 atom stereocenters. The summed E-state index contributed by atoms with van der Waals surface area (Å²) in [5.41, 5.74) is 0. The molecular weight excluding hydrogens is 335 g/mol. The molecule has 0 aliphatic heterocycles. The zero-order chi connectivity index (χ0) is 0. The maximum Gasteiger partial charge on any atom is 0 e. The topological polar surface area (TPSA) is 284 Å². The summed E-state index contributed by atoms with van der Waals surface area (Å²) in [6.07, 6.45) is 0. The second-order valence-electron chi connectivity index (χ2n) is 0. The molecule has 0 saturated carbocycles. The maximum absolute atomic E-state index is 0. The SMILES string of the molecule is O.O.O.O.O.O.O.O.O.[Cu].[Cu].[Cu]. The van der Waals surface area contributed by atoms with Crippen LogP contribution >= 0.6 is 0 Å². The Balaban J connectivity index is 0. The van der Waals surface area contributed by atoms with E-state index in [1.807, 2.05) is 0 Å². The first-order valence-electron chi connectivity index (χ1n) is 0. The smallest absolute Gasteiger partial charge is 0 e. The maximum atomic E-state index is 0. The van der Waals surface area contributed by atoms with Crippen molar-refractivity contribution in [2.75, 3.05) is 0 Å². The van der Waals surface area contributed by atoms with Crippen molar-refractivity contribution in [3.05, 3.63) is 0 Å². The first-order valence-corrected chi connectivity index (χ1v) is 0. The van der Waals surface area contributed by atoms with Crippen LogP contribution in [0, 0.1) is 0 Å². The van der Waals surface area contributed by atoms with Gasteiger partial charge in [-0.3, -0.25) is 0 Å². The van der Waals surface area contributed by atoms with Gasteiger partial charge in [-0.15, -0.1) is 0 Å². The number of hydrogen-bond donors (Lipinski definition) is 0. The summed E-state index contributed by atoms with van der Waals surface area (Å²) in [7, 11) is 0. The first kappa shape index (κ1) is 1370. The monoisotopic (exact) mass is 351 g/mol. The molecule has 0 aromatic heterocycles. The van der Waals surface area contributed by atoms with E-state index < -0.39 is 0 Å². The van der Waals surface area contributed by atoms with E-state index in [1.165, 1.54) is 0 Å². The third-order valence-electron chi connectivity index (χ3n) is 0. The van der Waals surface area contributed by atoms with Crippen LogP contribution in [0.4, 0.5) is 0 Å². The zero-order valence-electron chi connectivity index (χ0n) is 5.40. The number of rotatable bonds is 0. The van der Waals surface area contributed by atoms with Crippen LogP contribution in [-0.4, -0.2) is 49.3 Å². The fourth-order valence-electron chi connectivity index (χ4n) is 0. The molecule has 18 N–H and O–H groups in total. The molecule has 0 spiro atoms. The molecule has 0 heterocycles. The standard InChI is InChI=1S/3Cu.9H2O/h;;;9*1H2. The summed E-state index contributed by atoms with van der Waals surface area (Å²) in [6.45, 7) is 0. The molecule has 105 valence electrons. The molecule has 0 aliphatic rings. The van der Waals surface area contributed by atoms with Crippen molar-refractivity contribution >= 4 is 0 Å². The van der Waals surface area contributed by atoms with E-state index >= 15 is 0 Å². The summed E-state index contributed by atoms with van der Waals surface area (Å²) >= 11 is 0. The van der Waals surface area contributed by atoms with Gasteiger partial charge in [0.1, 0.15) is 0 Å². The van der Waals surface area contributed by atoms with Crippen LogP contribution in [0.3, 0.4) is 0 Å². The van der Waals surface area contributed by atoms with Crippen LogP contribution in [-0.2, 0) is 51.2 Å². The Morgan fingerprint density at radius 1 is 0.167 bits per heavy atom. The summed E-state index contributed by atoms with van der Waals surface area (Å²) in [6, 6.07) is 0. The van der Waals surface area contributed by atoms with Crippen LogP contribution in [0.15, 0.2) is 0 Å². The van der Waals surface area contributed by atoms with Crippen LogP contribution in [0.5, 0.6) is 0 Å². The fraction of sp³-hybridized carbons (Fsp3) is 0. The number of hydrogen-bond acceptors (Lipinski definition) is 0. The molecular formula is H18Cu3O9. The Hall–Kier alpha value is 1.20. The van der Waals surface area contributed by atoms with Gasteiger partial charge < -0.3 is 49.3 Å². The van der Waals surface area contributed by atoms with Gasteiger partial charge in [-0.1, -0.05) is 0 Å². The Morgan fingerprint density at radius 3 is 0.167 bits per heavy atom. The van der Waals surface area contributed by atoms with Gasteiger partial charge >= 0.3 is 0 Å². The van der Waals surface area contributed by atoms with Gasteiger partial charge in [0.2, 0.25) is 0 Å². The van der Waals surface area contributed by atoms with Gasteiger partial charge in [0.25, 0.3) is 0 Å². The van der Waals surface area contributed by atoms with Crippen molar-refractivity contribution in [1.29, 1.82) is 0 Å². The molecule has 0 aromatic rings. The second kappa shape index (κ2) is 1070. The van der Waals surface area contributed by atoms with Crippen LogP contribution in [0.1, 0.15) is 0 Å². The molecule has 12 heteroatoms. The minimum atomic E-state index is 0. The van der Waals surface area contributed by atoms with Crippen molar-refractivity contribution in [2.45, 2.75) is 0 Å². The fourth-order valence-corrected chi connectivity index (χ4v) is 0. The van der Waals surface area contributed by atoms with Gasteiger partial charge in [-0.25, -0.2) is 0 Å². The van der Waals surface area contributed by atoms with Crippen molar-refractivity contribution in [3.63, 3.8) is 0 Å². The van der Waals surface area contributed by atoms with Crippen molar-refractivity contribution in [1.82, 2.24) is 0 Å². The molecule has 12 heavy (non-hydrogen) atoms. The predicted molar refractivity (Wildman–Crippen MR) is 32.5 cm³/mol. The molecule has 0 aromatic carbocycles. The molecule has 0 bridgehead atoms. The van der Waals surface area contributed by atoms with Crippen LogP contribution < -0.4 is 0 Å². The van der Waals surface area contributed by atoms with E-state index in [2.05, 4.69) is 0 Å². The van der Waals surface area contributed by atoms with Gasteiger partial charge in [-0.2, -0.15) is 0 Å². The third-order valence-corrected chi connectivity index (χ3v) is 0. The molecule has 0 rings (SSSR count). The molecule has 9 nitrogen and oxygen atoms in total. The molecule has 0 amide bonds. The van der Waals surface area contributed by atoms with Gasteiger partial charge in [-0.05, 0) is 0 Å². The predicted octanol–water partition coefficient (Wildman–Crippen LogP) is -7.43. The van der Waals surface area contributed by atoms with Crippen LogP contribution in [0.25, 0.3) is 0 Å². The Labute approximate surface area is 100 Å². The minimum Gasteiger partial charge on any atom is -0.412 e. The van der Waals surface area contributed by atoms with Crippen molar-refractivity contribution in [2.24, 2.45) is 0 Å². The Morgan fingerprint density at radius 2 is 0.167 bits per heavy atom. The summed E-state index contributed by atoms with van der Waals surface area (Å²) in [4.78, 5) is 0. The molecule has 0 unspecified atom stereocenters. The quantitative estimate of drug-likeness (QED) is 0.367. The largest absolute Gasteiger partial charge is 0.412 e. The molecule has 0 aliphatic carbocycles. The van der Waals surface area contributed by atoms with E-state index in [0.717, 1.165) is 0 Å². The van der Waals surface area contributed by atoms with Gasteiger partial charge in [0.05, 0.1) is 0 Å².